The van der Waals surface area contributed by atoms with Crippen LogP contribution in [0.3, 0.4) is 0 Å². The third-order valence-electron chi connectivity index (χ3n) is 3.48. The van der Waals surface area contributed by atoms with Gasteiger partial charge in [-0.15, -0.1) is 11.3 Å². The van der Waals surface area contributed by atoms with E-state index >= 15 is 0 Å². The van der Waals surface area contributed by atoms with Crippen LogP contribution in [-0.2, 0) is 4.79 Å². The van der Waals surface area contributed by atoms with Gasteiger partial charge in [-0.2, -0.15) is 5.10 Å². The highest BCUT2D eigenvalue weighted by Crippen LogP contribution is 2.18. The van der Waals surface area contributed by atoms with Crippen LogP contribution in [0.25, 0.3) is 10.8 Å². The van der Waals surface area contributed by atoms with Gasteiger partial charge in [-0.1, -0.05) is 30.3 Å². The molecule has 0 unspecified atom stereocenters. The lowest BCUT2D eigenvalue weighted by atomic mass is 10.1. The Labute approximate surface area is 138 Å². The lowest BCUT2D eigenvalue weighted by Crippen LogP contribution is -2.25. The van der Waals surface area contributed by atoms with Gasteiger partial charge in [0, 0.05) is 10.6 Å². The molecule has 1 aromatic heterocycles. The third kappa shape index (κ3) is 3.96. The Morgan fingerprint density at radius 2 is 2.00 bits per heavy atom. The molecule has 2 aromatic carbocycles. The van der Waals surface area contributed by atoms with Gasteiger partial charge < -0.3 is 5.32 Å². The quantitative estimate of drug-likeness (QED) is 0.555. The summed E-state index contributed by atoms with van der Waals surface area (Å²) in [6, 6.07) is 16.2. The number of hydrazone groups is 1. The number of nitrogens with one attached hydrogen (secondary N) is 2. The molecule has 1 heterocycles. The second-order valence-electron chi connectivity index (χ2n) is 5.18. The highest BCUT2D eigenvalue weighted by atomic mass is 32.1. The number of amides is 1. The fourth-order valence-corrected chi connectivity index (χ4v) is 2.99. The van der Waals surface area contributed by atoms with Gasteiger partial charge in [-0.3, -0.25) is 4.79 Å². The van der Waals surface area contributed by atoms with E-state index in [0.29, 0.717) is 0 Å². The largest absolute Gasteiger partial charge is 0.376 e. The van der Waals surface area contributed by atoms with Gasteiger partial charge in [-0.05, 0) is 46.8 Å². The molecule has 5 heteroatoms. The molecule has 0 fully saturated rings. The van der Waals surface area contributed by atoms with Gasteiger partial charge in [0.2, 0.25) is 0 Å². The summed E-state index contributed by atoms with van der Waals surface area (Å²) in [5.41, 5.74) is 4.60. The Morgan fingerprint density at radius 3 is 2.78 bits per heavy atom. The van der Waals surface area contributed by atoms with Crippen molar-refractivity contribution in [3.8, 4) is 0 Å². The maximum atomic E-state index is 11.8. The number of fused-ring (bicyclic) bond motifs is 1. The van der Waals surface area contributed by atoms with Crippen molar-refractivity contribution < 1.29 is 4.79 Å². The van der Waals surface area contributed by atoms with Crippen LogP contribution in [0.2, 0.25) is 0 Å². The number of nitrogens with zero attached hydrogens (tertiary/aromatic N) is 1. The molecule has 0 aliphatic heterocycles. The lowest BCUT2D eigenvalue weighted by Gasteiger charge is -2.06. The number of carbonyl (C=O) groups is 1. The van der Waals surface area contributed by atoms with Crippen molar-refractivity contribution in [2.45, 2.75) is 6.92 Å². The van der Waals surface area contributed by atoms with Crippen molar-refractivity contribution in [1.29, 1.82) is 0 Å². The summed E-state index contributed by atoms with van der Waals surface area (Å²) >= 11 is 1.60. The van der Waals surface area contributed by atoms with E-state index in [1.54, 1.807) is 17.6 Å². The highest BCUT2D eigenvalue weighted by molar-refractivity contribution is 7.11. The number of thiophene rings is 1. The maximum absolute atomic E-state index is 11.8. The van der Waals surface area contributed by atoms with Crippen LogP contribution in [0.5, 0.6) is 0 Å². The smallest absolute Gasteiger partial charge is 0.259 e. The second-order valence-corrected chi connectivity index (χ2v) is 6.12. The van der Waals surface area contributed by atoms with Gasteiger partial charge in [0.15, 0.2) is 0 Å². The number of hydrogen-bond donors (Lipinski definition) is 2. The summed E-state index contributed by atoms with van der Waals surface area (Å²) in [4.78, 5) is 12.9. The first kappa shape index (κ1) is 15.2. The van der Waals surface area contributed by atoms with Crippen molar-refractivity contribution in [1.82, 2.24) is 5.43 Å². The minimum atomic E-state index is -0.177. The molecule has 0 aliphatic rings. The number of aryl methyl sites for hydroxylation is 1. The summed E-state index contributed by atoms with van der Waals surface area (Å²) in [7, 11) is 0. The van der Waals surface area contributed by atoms with Crippen LogP contribution in [0.1, 0.15) is 10.4 Å². The number of hydrogen-bond acceptors (Lipinski definition) is 4. The first-order chi connectivity index (χ1) is 11.2. The van der Waals surface area contributed by atoms with Crippen LogP contribution in [0.4, 0.5) is 5.69 Å². The molecule has 3 aromatic rings. The molecule has 0 saturated heterocycles. The van der Waals surface area contributed by atoms with Gasteiger partial charge >= 0.3 is 0 Å². The monoisotopic (exact) mass is 323 g/mol. The minimum Gasteiger partial charge on any atom is -0.376 e. The zero-order valence-corrected chi connectivity index (χ0v) is 13.6. The summed E-state index contributed by atoms with van der Waals surface area (Å²) in [6.07, 6.45) is 1.67. The maximum Gasteiger partial charge on any atom is 0.259 e. The lowest BCUT2D eigenvalue weighted by molar-refractivity contribution is -0.119. The molecule has 0 bridgehead atoms. The van der Waals surface area contributed by atoms with Gasteiger partial charge in [-0.25, -0.2) is 5.43 Å². The molecule has 2 N–H and O–H groups in total. The normalized spacial score (nSPS) is 11.0. The van der Waals surface area contributed by atoms with Crippen LogP contribution in [-0.4, -0.2) is 18.7 Å². The van der Waals surface area contributed by atoms with Gasteiger partial charge in [0.05, 0.1) is 12.8 Å². The molecule has 23 heavy (non-hydrogen) atoms. The number of rotatable bonds is 5. The van der Waals surface area contributed by atoms with Crippen molar-refractivity contribution in [3.05, 3.63) is 64.4 Å². The number of carbonyl (C=O) groups excluding carboxylic acids is 1. The molecule has 0 aliphatic carbocycles. The van der Waals surface area contributed by atoms with Crippen molar-refractivity contribution >= 4 is 39.9 Å². The Balaban J connectivity index is 1.53. The van der Waals surface area contributed by atoms with Crippen molar-refractivity contribution in [3.63, 3.8) is 0 Å². The SMILES string of the molecule is Cc1ccsc1/C=N\NC(=O)CNc1ccc2ccccc2c1. The van der Waals surface area contributed by atoms with Gasteiger partial charge in [0.1, 0.15) is 0 Å². The highest BCUT2D eigenvalue weighted by Gasteiger charge is 2.01. The molecule has 0 atom stereocenters. The van der Waals surface area contributed by atoms with Crippen LogP contribution < -0.4 is 10.7 Å². The summed E-state index contributed by atoms with van der Waals surface area (Å²) in [6.45, 7) is 2.19. The molecule has 4 nitrogen and oxygen atoms in total. The summed E-state index contributed by atoms with van der Waals surface area (Å²) in [5.74, 6) is -0.177. The first-order valence-corrected chi connectivity index (χ1v) is 8.19. The topological polar surface area (TPSA) is 53.5 Å². The number of benzene rings is 2. The Bertz CT molecular complexity index is 854. The van der Waals surface area contributed by atoms with E-state index in [4.69, 9.17) is 0 Å². The molecule has 0 saturated carbocycles. The summed E-state index contributed by atoms with van der Waals surface area (Å²) < 4.78 is 0. The molecule has 0 spiro atoms. The summed E-state index contributed by atoms with van der Waals surface area (Å²) in [5, 5.41) is 11.4. The average Bonchev–Trinajstić information content (AvgIpc) is 2.98. The predicted molar refractivity (Wildman–Crippen MR) is 97.2 cm³/mol. The van der Waals surface area contributed by atoms with E-state index in [2.05, 4.69) is 21.9 Å². The van der Waals surface area contributed by atoms with Gasteiger partial charge in [0.25, 0.3) is 5.91 Å². The molecular weight excluding hydrogens is 306 g/mol. The standard InChI is InChI=1S/C18H17N3OS/c1-13-8-9-23-17(13)11-20-21-18(22)12-19-16-7-6-14-4-2-3-5-15(14)10-16/h2-11,19H,12H2,1H3,(H,21,22)/b20-11-. The Hall–Kier alpha value is -2.66. The van der Waals surface area contributed by atoms with E-state index in [1.807, 2.05) is 54.8 Å². The van der Waals surface area contributed by atoms with E-state index in [-0.39, 0.29) is 12.5 Å². The van der Waals surface area contributed by atoms with Crippen LogP contribution in [0, 0.1) is 6.92 Å². The number of anilines is 1. The Kier molecular flexibility index (Phi) is 4.68. The molecule has 3 rings (SSSR count). The minimum absolute atomic E-state index is 0.177. The zero-order valence-electron chi connectivity index (χ0n) is 12.7. The average molecular weight is 323 g/mol. The predicted octanol–water partition coefficient (Wildman–Crippen LogP) is 3.77. The molecule has 1 amide bonds. The third-order valence-corrected chi connectivity index (χ3v) is 4.43. The van der Waals surface area contributed by atoms with Crippen LogP contribution >= 0.6 is 11.3 Å². The fourth-order valence-electron chi connectivity index (χ4n) is 2.20. The van der Waals surface area contributed by atoms with Crippen molar-refractivity contribution in [2.75, 3.05) is 11.9 Å². The van der Waals surface area contributed by atoms with E-state index < -0.39 is 0 Å². The second kappa shape index (κ2) is 7.07. The Morgan fingerprint density at radius 1 is 1.17 bits per heavy atom. The first-order valence-electron chi connectivity index (χ1n) is 7.31. The molecule has 116 valence electrons. The van der Waals surface area contributed by atoms with Crippen LogP contribution in [0.15, 0.2) is 59.0 Å². The molecule has 0 radical (unpaired) electrons. The molecular formula is C18H17N3OS. The zero-order chi connectivity index (χ0) is 16.1. The van der Waals surface area contributed by atoms with E-state index in [1.165, 1.54) is 5.39 Å². The fraction of sp³-hybridized carbons (Fsp3) is 0.111. The van der Waals surface area contributed by atoms with E-state index in [0.717, 1.165) is 21.5 Å². The van der Waals surface area contributed by atoms with E-state index in [9.17, 15) is 4.79 Å². The van der Waals surface area contributed by atoms with Crippen molar-refractivity contribution in [2.24, 2.45) is 5.10 Å².